The van der Waals surface area contributed by atoms with Crippen molar-refractivity contribution in [3.63, 3.8) is 0 Å². The SMILES string of the molecule is CCS(=O)(=O)N(C)c1ccc(C(=O)N[C@H](C)c2ccc(N3CCC(C)CC3)cc2)cc1. The zero-order chi connectivity index (χ0) is 22.6. The molecular formula is C24H33N3O3S. The van der Waals surface area contributed by atoms with Crippen molar-refractivity contribution < 1.29 is 13.2 Å². The van der Waals surface area contributed by atoms with Crippen LogP contribution in [0.3, 0.4) is 0 Å². The van der Waals surface area contributed by atoms with Gasteiger partial charge < -0.3 is 10.2 Å². The first kappa shape index (κ1) is 23.1. The highest BCUT2D eigenvalue weighted by Crippen LogP contribution is 2.25. The van der Waals surface area contributed by atoms with Crippen molar-refractivity contribution in [2.24, 2.45) is 5.92 Å². The average molecular weight is 444 g/mol. The Morgan fingerprint density at radius 1 is 1.10 bits per heavy atom. The van der Waals surface area contributed by atoms with E-state index in [1.54, 1.807) is 31.2 Å². The maximum absolute atomic E-state index is 12.7. The quantitative estimate of drug-likeness (QED) is 0.696. The zero-order valence-electron chi connectivity index (χ0n) is 18.8. The van der Waals surface area contributed by atoms with Crippen LogP contribution in [0, 0.1) is 5.92 Å². The molecule has 1 amide bonds. The van der Waals surface area contributed by atoms with Gasteiger partial charge >= 0.3 is 0 Å². The molecule has 1 heterocycles. The minimum Gasteiger partial charge on any atom is -0.372 e. The Kier molecular flexibility index (Phi) is 7.26. The predicted molar refractivity (Wildman–Crippen MR) is 127 cm³/mol. The van der Waals surface area contributed by atoms with Crippen LogP contribution in [0.4, 0.5) is 11.4 Å². The first-order valence-corrected chi connectivity index (χ1v) is 12.5. The number of piperidine rings is 1. The third-order valence-electron chi connectivity index (χ3n) is 6.16. The molecule has 2 aromatic rings. The topological polar surface area (TPSA) is 69.7 Å². The summed E-state index contributed by atoms with van der Waals surface area (Å²) in [4.78, 5) is 15.1. The third kappa shape index (κ3) is 5.58. The first-order chi connectivity index (χ1) is 14.7. The van der Waals surface area contributed by atoms with Crippen LogP contribution < -0.4 is 14.5 Å². The summed E-state index contributed by atoms with van der Waals surface area (Å²) in [6.45, 7) is 8.07. The lowest BCUT2D eigenvalue weighted by molar-refractivity contribution is 0.0940. The maximum atomic E-state index is 12.7. The number of hydrogen-bond acceptors (Lipinski definition) is 4. The van der Waals surface area contributed by atoms with Crippen LogP contribution >= 0.6 is 0 Å². The molecule has 1 saturated heterocycles. The molecular weight excluding hydrogens is 410 g/mol. The molecule has 3 rings (SSSR count). The van der Waals surface area contributed by atoms with Crippen molar-refractivity contribution in [1.82, 2.24) is 5.32 Å². The number of carbonyl (C=O) groups excluding carboxylic acids is 1. The third-order valence-corrected chi connectivity index (χ3v) is 7.94. The molecule has 2 aromatic carbocycles. The van der Waals surface area contributed by atoms with Gasteiger partial charge in [0.05, 0.1) is 17.5 Å². The van der Waals surface area contributed by atoms with Crippen LogP contribution in [0.2, 0.25) is 0 Å². The molecule has 168 valence electrons. The lowest BCUT2D eigenvalue weighted by atomic mass is 9.98. The summed E-state index contributed by atoms with van der Waals surface area (Å²) in [7, 11) is -1.81. The number of amides is 1. The Bertz CT molecular complexity index is 980. The van der Waals surface area contributed by atoms with Crippen molar-refractivity contribution in [3.8, 4) is 0 Å². The number of nitrogens with zero attached hydrogens (tertiary/aromatic N) is 2. The highest BCUT2D eigenvalue weighted by Gasteiger charge is 2.18. The molecule has 0 bridgehead atoms. The van der Waals surface area contributed by atoms with Gasteiger partial charge in [-0.3, -0.25) is 9.10 Å². The maximum Gasteiger partial charge on any atom is 0.251 e. The molecule has 0 saturated carbocycles. The van der Waals surface area contributed by atoms with Gasteiger partial charge in [0.2, 0.25) is 10.0 Å². The van der Waals surface area contributed by atoms with Gasteiger partial charge in [0.25, 0.3) is 5.91 Å². The van der Waals surface area contributed by atoms with E-state index >= 15 is 0 Å². The number of nitrogens with one attached hydrogen (secondary N) is 1. The minimum atomic E-state index is -3.32. The number of anilines is 2. The van der Waals surface area contributed by atoms with Gasteiger partial charge in [-0.25, -0.2) is 8.42 Å². The standard InChI is InChI=1S/C24H33N3O3S/c1-5-31(29,30)26(4)22-10-8-21(9-11-22)24(28)25-19(3)20-6-12-23(13-7-20)27-16-14-18(2)15-17-27/h6-13,18-19H,5,14-17H2,1-4H3,(H,25,28)/t19-/m1/s1. The fraction of sp³-hybridized carbons (Fsp3) is 0.458. The van der Waals surface area contributed by atoms with E-state index in [4.69, 9.17) is 0 Å². The molecule has 1 fully saturated rings. The van der Waals surface area contributed by atoms with Crippen molar-refractivity contribution in [2.75, 3.05) is 35.1 Å². The molecule has 1 aliphatic heterocycles. The fourth-order valence-electron chi connectivity index (χ4n) is 3.78. The molecule has 1 N–H and O–H groups in total. The molecule has 0 aliphatic carbocycles. The second kappa shape index (κ2) is 9.73. The minimum absolute atomic E-state index is 0.0267. The van der Waals surface area contributed by atoms with E-state index in [0.717, 1.165) is 24.6 Å². The molecule has 1 aliphatic rings. The zero-order valence-corrected chi connectivity index (χ0v) is 19.7. The Morgan fingerprint density at radius 3 is 2.23 bits per heavy atom. The largest absolute Gasteiger partial charge is 0.372 e. The summed E-state index contributed by atoms with van der Waals surface area (Å²) in [5.41, 5.74) is 3.31. The molecule has 1 atom stereocenters. The fourth-order valence-corrected chi connectivity index (χ4v) is 4.61. The Balaban J connectivity index is 1.61. The summed E-state index contributed by atoms with van der Waals surface area (Å²) in [6, 6.07) is 14.9. The van der Waals surface area contributed by atoms with E-state index in [2.05, 4.69) is 41.4 Å². The average Bonchev–Trinajstić information content (AvgIpc) is 2.79. The van der Waals surface area contributed by atoms with Gasteiger partial charge in [-0.1, -0.05) is 19.1 Å². The summed E-state index contributed by atoms with van der Waals surface area (Å²) in [5, 5.41) is 3.02. The second-order valence-electron chi connectivity index (χ2n) is 8.37. The predicted octanol–water partition coefficient (Wildman–Crippen LogP) is 4.20. The van der Waals surface area contributed by atoms with Gasteiger partial charge in [-0.05, 0) is 74.6 Å². The smallest absolute Gasteiger partial charge is 0.251 e. The first-order valence-electron chi connectivity index (χ1n) is 10.9. The van der Waals surface area contributed by atoms with Crippen LogP contribution in [-0.4, -0.2) is 40.2 Å². The number of benzene rings is 2. The highest BCUT2D eigenvalue weighted by atomic mass is 32.2. The molecule has 0 radical (unpaired) electrons. The Hall–Kier alpha value is -2.54. The summed E-state index contributed by atoms with van der Waals surface area (Å²) < 4.78 is 25.2. The van der Waals surface area contributed by atoms with E-state index in [-0.39, 0.29) is 17.7 Å². The van der Waals surface area contributed by atoms with Crippen LogP contribution in [0.1, 0.15) is 55.6 Å². The lowest BCUT2D eigenvalue weighted by Gasteiger charge is -2.32. The number of carbonyl (C=O) groups is 1. The molecule has 0 unspecified atom stereocenters. The normalized spacial score (nSPS) is 16.1. The van der Waals surface area contributed by atoms with Crippen LogP contribution in [0.25, 0.3) is 0 Å². The van der Waals surface area contributed by atoms with Crippen molar-refractivity contribution in [2.45, 2.75) is 39.7 Å². The lowest BCUT2D eigenvalue weighted by Crippen LogP contribution is -2.32. The van der Waals surface area contributed by atoms with Gasteiger partial charge in [-0.2, -0.15) is 0 Å². The van der Waals surface area contributed by atoms with Crippen molar-refractivity contribution in [1.29, 1.82) is 0 Å². The number of hydrogen-bond donors (Lipinski definition) is 1. The Labute approximate surface area is 186 Å². The number of rotatable bonds is 7. The second-order valence-corrected chi connectivity index (χ2v) is 10.7. The van der Waals surface area contributed by atoms with E-state index in [1.165, 1.54) is 29.9 Å². The van der Waals surface area contributed by atoms with Crippen LogP contribution in [0.5, 0.6) is 0 Å². The van der Waals surface area contributed by atoms with Gasteiger partial charge in [0.1, 0.15) is 0 Å². The van der Waals surface area contributed by atoms with E-state index in [1.807, 2.05) is 6.92 Å². The molecule has 0 aromatic heterocycles. The van der Waals surface area contributed by atoms with Crippen LogP contribution in [-0.2, 0) is 10.0 Å². The van der Waals surface area contributed by atoms with Gasteiger partial charge in [0, 0.05) is 31.4 Å². The summed E-state index contributed by atoms with van der Waals surface area (Å²) in [5.74, 6) is 0.643. The molecule has 31 heavy (non-hydrogen) atoms. The van der Waals surface area contributed by atoms with Crippen molar-refractivity contribution in [3.05, 3.63) is 59.7 Å². The number of sulfonamides is 1. The summed E-state index contributed by atoms with van der Waals surface area (Å²) in [6.07, 6.45) is 2.46. The van der Waals surface area contributed by atoms with E-state index in [9.17, 15) is 13.2 Å². The van der Waals surface area contributed by atoms with E-state index in [0.29, 0.717) is 11.3 Å². The Morgan fingerprint density at radius 2 is 1.68 bits per heavy atom. The highest BCUT2D eigenvalue weighted by molar-refractivity contribution is 7.92. The van der Waals surface area contributed by atoms with Crippen molar-refractivity contribution >= 4 is 27.3 Å². The molecule has 0 spiro atoms. The molecule has 6 nitrogen and oxygen atoms in total. The molecule has 7 heteroatoms. The van der Waals surface area contributed by atoms with Gasteiger partial charge in [-0.15, -0.1) is 0 Å². The summed E-state index contributed by atoms with van der Waals surface area (Å²) >= 11 is 0. The monoisotopic (exact) mass is 443 g/mol. The van der Waals surface area contributed by atoms with Gasteiger partial charge in [0.15, 0.2) is 0 Å². The van der Waals surface area contributed by atoms with Crippen LogP contribution in [0.15, 0.2) is 48.5 Å². The van der Waals surface area contributed by atoms with E-state index < -0.39 is 10.0 Å².